The summed E-state index contributed by atoms with van der Waals surface area (Å²) in [6.45, 7) is 6.01. The van der Waals surface area contributed by atoms with Gasteiger partial charge in [-0.3, -0.25) is 9.59 Å². The summed E-state index contributed by atoms with van der Waals surface area (Å²) in [5, 5.41) is 11.5. The van der Waals surface area contributed by atoms with Crippen LogP contribution in [-0.4, -0.2) is 40.4 Å². The first kappa shape index (κ1) is 25.5. The van der Waals surface area contributed by atoms with Crippen molar-refractivity contribution in [1.82, 2.24) is 4.90 Å². The van der Waals surface area contributed by atoms with Crippen LogP contribution in [-0.2, 0) is 22.4 Å². The van der Waals surface area contributed by atoms with Crippen LogP contribution in [0.2, 0.25) is 0 Å². The van der Waals surface area contributed by atoms with Crippen molar-refractivity contribution in [2.24, 2.45) is 0 Å². The van der Waals surface area contributed by atoms with Gasteiger partial charge in [-0.2, -0.15) is 0 Å². The topological polar surface area (TPSA) is 76.1 Å². The Bertz CT molecular complexity index is 1410. The zero-order valence-electron chi connectivity index (χ0n) is 21.6. The van der Waals surface area contributed by atoms with Gasteiger partial charge in [0.1, 0.15) is 29.2 Å². The number of aliphatic hydroxyl groups excluding tert-OH is 1. The fraction of sp³-hybridized carbons (Fsp3) is 0.290. The first-order valence-electron chi connectivity index (χ1n) is 12.8. The van der Waals surface area contributed by atoms with Gasteiger partial charge in [-0.05, 0) is 86.3 Å². The molecule has 0 saturated carbocycles. The van der Waals surface area contributed by atoms with E-state index in [9.17, 15) is 19.1 Å². The maximum Gasteiger partial charge on any atom is 0.295 e. The fourth-order valence-corrected chi connectivity index (χ4v) is 5.11. The first-order chi connectivity index (χ1) is 18.2. The number of rotatable bonds is 7. The molecule has 0 spiro atoms. The second kappa shape index (κ2) is 10.3. The van der Waals surface area contributed by atoms with Gasteiger partial charge in [-0.25, -0.2) is 4.39 Å². The third kappa shape index (κ3) is 5.01. The van der Waals surface area contributed by atoms with E-state index < -0.39 is 17.7 Å². The largest absolute Gasteiger partial charge is 0.507 e. The highest BCUT2D eigenvalue weighted by Gasteiger charge is 2.46. The highest BCUT2D eigenvalue weighted by molar-refractivity contribution is 6.46. The van der Waals surface area contributed by atoms with Crippen LogP contribution >= 0.6 is 0 Å². The Hall–Kier alpha value is -4.13. The Balaban J connectivity index is 1.57. The summed E-state index contributed by atoms with van der Waals surface area (Å²) in [6, 6.07) is 17.8. The number of nitrogens with zero attached hydrogens (tertiary/aromatic N) is 1. The van der Waals surface area contributed by atoms with Crippen LogP contribution in [0.1, 0.15) is 49.1 Å². The molecule has 2 heterocycles. The molecule has 0 aliphatic carbocycles. The molecule has 2 atom stereocenters. The number of aliphatic hydroxyl groups is 1. The summed E-state index contributed by atoms with van der Waals surface area (Å²) < 4.78 is 25.0. The van der Waals surface area contributed by atoms with E-state index in [0.29, 0.717) is 29.7 Å². The molecule has 5 rings (SSSR count). The second-order valence-corrected chi connectivity index (χ2v) is 10.1. The Morgan fingerprint density at radius 2 is 1.87 bits per heavy atom. The minimum Gasteiger partial charge on any atom is -0.507 e. The van der Waals surface area contributed by atoms with Gasteiger partial charge >= 0.3 is 0 Å². The molecule has 3 aromatic carbocycles. The number of benzene rings is 3. The Morgan fingerprint density at radius 3 is 2.61 bits per heavy atom. The normalized spacial score (nSPS) is 20.1. The standard InChI is InChI=1S/C31H30FNO5/c1-18(2)37-25-6-4-5-21(17-25)28-27(29(34)22-9-12-26-23(16-22)15-19(3)38-26)30(35)31(36)33(28)14-13-20-7-10-24(32)11-8-20/h4-12,16-19,28,34H,13-15H2,1-3H3/b29-27-. The van der Waals surface area contributed by atoms with Gasteiger partial charge < -0.3 is 19.5 Å². The zero-order chi connectivity index (χ0) is 27.0. The predicted molar refractivity (Wildman–Crippen MR) is 142 cm³/mol. The van der Waals surface area contributed by atoms with E-state index in [4.69, 9.17) is 9.47 Å². The predicted octanol–water partition coefficient (Wildman–Crippen LogP) is 5.60. The van der Waals surface area contributed by atoms with Crippen molar-refractivity contribution in [2.75, 3.05) is 6.54 Å². The maximum atomic E-state index is 13.4. The number of likely N-dealkylation sites (tertiary alicyclic amines) is 1. The first-order valence-corrected chi connectivity index (χ1v) is 12.8. The lowest BCUT2D eigenvalue weighted by Crippen LogP contribution is -2.31. The highest BCUT2D eigenvalue weighted by Crippen LogP contribution is 2.41. The van der Waals surface area contributed by atoms with E-state index in [1.54, 1.807) is 36.4 Å². The molecular weight excluding hydrogens is 485 g/mol. The lowest BCUT2D eigenvalue weighted by molar-refractivity contribution is -0.139. The van der Waals surface area contributed by atoms with Crippen molar-refractivity contribution >= 4 is 17.4 Å². The van der Waals surface area contributed by atoms with Crippen LogP contribution in [0.15, 0.2) is 72.3 Å². The molecule has 7 heteroatoms. The quantitative estimate of drug-likeness (QED) is 0.252. The number of hydrogen-bond acceptors (Lipinski definition) is 5. The third-order valence-electron chi connectivity index (χ3n) is 6.81. The molecule has 1 N–H and O–H groups in total. The molecule has 1 fully saturated rings. The molecule has 0 aromatic heterocycles. The zero-order valence-corrected chi connectivity index (χ0v) is 21.6. The van der Waals surface area contributed by atoms with Gasteiger partial charge in [0.2, 0.25) is 0 Å². The van der Waals surface area contributed by atoms with Crippen molar-refractivity contribution in [3.63, 3.8) is 0 Å². The van der Waals surface area contributed by atoms with Crippen molar-refractivity contribution in [2.45, 2.75) is 51.9 Å². The molecule has 2 aliphatic heterocycles. The lowest BCUT2D eigenvalue weighted by Gasteiger charge is -2.26. The van der Waals surface area contributed by atoms with Crippen LogP contribution in [0, 0.1) is 5.82 Å². The number of amides is 1. The van der Waals surface area contributed by atoms with E-state index in [1.165, 1.54) is 17.0 Å². The number of hydrogen-bond donors (Lipinski definition) is 1. The van der Waals surface area contributed by atoms with Crippen molar-refractivity contribution in [1.29, 1.82) is 0 Å². The average Bonchev–Trinajstić information content (AvgIpc) is 3.38. The molecule has 0 bridgehead atoms. The molecule has 2 aliphatic rings. The Morgan fingerprint density at radius 1 is 1.11 bits per heavy atom. The summed E-state index contributed by atoms with van der Waals surface area (Å²) in [5.41, 5.74) is 2.91. The van der Waals surface area contributed by atoms with Gasteiger partial charge in [-0.1, -0.05) is 24.3 Å². The minimum absolute atomic E-state index is 0.0303. The SMILES string of the molecule is CC(C)Oc1cccc(C2/C(=C(/O)c3ccc4c(c3)CC(C)O4)C(=O)C(=O)N2CCc2ccc(F)cc2)c1. The summed E-state index contributed by atoms with van der Waals surface area (Å²) in [4.78, 5) is 28.2. The van der Waals surface area contributed by atoms with E-state index in [2.05, 4.69) is 0 Å². The summed E-state index contributed by atoms with van der Waals surface area (Å²) in [5.74, 6) is -0.645. The smallest absolute Gasteiger partial charge is 0.295 e. The van der Waals surface area contributed by atoms with Gasteiger partial charge in [0.15, 0.2) is 0 Å². The van der Waals surface area contributed by atoms with Gasteiger partial charge in [0.25, 0.3) is 11.7 Å². The van der Waals surface area contributed by atoms with Crippen molar-refractivity contribution in [3.8, 4) is 11.5 Å². The van der Waals surface area contributed by atoms with E-state index >= 15 is 0 Å². The van der Waals surface area contributed by atoms with E-state index in [0.717, 1.165) is 16.9 Å². The van der Waals surface area contributed by atoms with E-state index in [-0.39, 0.29) is 35.9 Å². The molecule has 196 valence electrons. The number of ketones is 1. The van der Waals surface area contributed by atoms with Gasteiger partial charge in [-0.15, -0.1) is 0 Å². The monoisotopic (exact) mass is 515 g/mol. The number of fused-ring (bicyclic) bond motifs is 1. The highest BCUT2D eigenvalue weighted by atomic mass is 19.1. The number of carbonyl (C=O) groups is 2. The van der Waals surface area contributed by atoms with Crippen LogP contribution in [0.3, 0.4) is 0 Å². The van der Waals surface area contributed by atoms with Gasteiger partial charge in [0, 0.05) is 18.5 Å². The lowest BCUT2D eigenvalue weighted by atomic mass is 9.94. The number of carbonyl (C=O) groups excluding carboxylic acids is 2. The summed E-state index contributed by atoms with van der Waals surface area (Å²) in [6.07, 6.45) is 1.08. The van der Waals surface area contributed by atoms with E-state index in [1.807, 2.05) is 39.0 Å². The third-order valence-corrected chi connectivity index (χ3v) is 6.81. The molecule has 3 aromatic rings. The van der Waals surface area contributed by atoms with Crippen LogP contribution < -0.4 is 9.47 Å². The minimum atomic E-state index is -0.811. The van der Waals surface area contributed by atoms with Crippen molar-refractivity contribution < 1.29 is 28.6 Å². The molecule has 1 amide bonds. The molecule has 6 nitrogen and oxygen atoms in total. The van der Waals surface area contributed by atoms with Crippen LogP contribution in [0.4, 0.5) is 4.39 Å². The molecule has 0 radical (unpaired) electrons. The second-order valence-electron chi connectivity index (χ2n) is 10.1. The summed E-state index contributed by atoms with van der Waals surface area (Å²) in [7, 11) is 0. The Kier molecular flexibility index (Phi) is 6.93. The Labute approximate surface area is 221 Å². The number of Topliss-reactive ketones (excluding diaryl/α,β-unsaturated/α-hetero) is 1. The van der Waals surface area contributed by atoms with Crippen LogP contribution in [0.25, 0.3) is 5.76 Å². The number of ether oxygens (including phenoxy) is 2. The number of halogens is 1. The molecule has 2 unspecified atom stereocenters. The molecular formula is C31H30FNO5. The maximum absolute atomic E-state index is 13.4. The molecule has 1 saturated heterocycles. The van der Waals surface area contributed by atoms with Gasteiger partial charge in [0.05, 0.1) is 17.7 Å². The fourth-order valence-electron chi connectivity index (χ4n) is 5.11. The van der Waals surface area contributed by atoms with Crippen LogP contribution in [0.5, 0.6) is 11.5 Å². The van der Waals surface area contributed by atoms with Crippen molar-refractivity contribution in [3.05, 3.63) is 100 Å². The average molecular weight is 516 g/mol. The molecule has 38 heavy (non-hydrogen) atoms. The summed E-state index contributed by atoms with van der Waals surface area (Å²) >= 11 is 0.